The molecule has 0 saturated carbocycles. The second-order valence-electron chi connectivity index (χ2n) is 6.56. The van der Waals surface area contributed by atoms with Crippen molar-refractivity contribution >= 4 is 38.9 Å². The Hall–Kier alpha value is -2.87. The summed E-state index contributed by atoms with van der Waals surface area (Å²) in [7, 11) is -2.35. The molecule has 0 spiro atoms. The molecule has 0 saturated heterocycles. The van der Waals surface area contributed by atoms with Crippen molar-refractivity contribution in [2.45, 2.75) is 17.9 Å². The number of sulfonamides is 1. The normalized spacial score (nSPS) is 12.2. The number of hydrogen-bond donors (Lipinski definition) is 2. The zero-order chi connectivity index (χ0) is 21.7. The minimum absolute atomic E-state index is 0.0613. The molecule has 6 nitrogen and oxygen atoms in total. The summed E-state index contributed by atoms with van der Waals surface area (Å²) in [6.45, 7) is 1.73. The Morgan fingerprint density at radius 1 is 0.967 bits per heavy atom. The Labute approximate surface area is 180 Å². The third-order valence-electron chi connectivity index (χ3n) is 4.52. The Kier molecular flexibility index (Phi) is 6.77. The predicted molar refractivity (Wildman–Crippen MR) is 118 cm³/mol. The number of ether oxygens (including phenoxy) is 1. The van der Waals surface area contributed by atoms with E-state index in [0.717, 1.165) is 5.56 Å². The van der Waals surface area contributed by atoms with Crippen molar-refractivity contribution in [3.05, 3.63) is 88.9 Å². The smallest absolute Gasteiger partial charge is 0.261 e. The van der Waals surface area contributed by atoms with Gasteiger partial charge in [-0.3, -0.25) is 9.52 Å². The van der Waals surface area contributed by atoms with E-state index in [-0.39, 0.29) is 10.8 Å². The Bertz CT molecular complexity index is 1130. The van der Waals surface area contributed by atoms with E-state index in [4.69, 9.17) is 16.3 Å². The topological polar surface area (TPSA) is 84.5 Å². The number of halogens is 1. The lowest BCUT2D eigenvalue weighted by atomic mass is 10.1. The molecule has 0 bridgehead atoms. The zero-order valence-corrected chi connectivity index (χ0v) is 18.0. The van der Waals surface area contributed by atoms with Gasteiger partial charge in [0.25, 0.3) is 15.9 Å². The number of carbonyl (C=O) groups is 1. The molecule has 0 radical (unpaired) electrons. The summed E-state index contributed by atoms with van der Waals surface area (Å²) in [5.74, 6) is -0.355. The first-order valence-electron chi connectivity index (χ1n) is 9.08. The number of methoxy groups -OCH3 is 1. The maximum atomic E-state index is 12.7. The molecule has 2 N–H and O–H groups in total. The molecule has 30 heavy (non-hydrogen) atoms. The van der Waals surface area contributed by atoms with E-state index in [1.54, 1.807) is 37.3 Å². The fraction of sp³-hybridized carbons (Fsp3) is 0.136. The summed E-state index contributed by atoms with van der Waals surface area (Å²) in [6, 6.07) is 20.0. The van der Waals surface area contributed by atoms with Crippen LogP contribution in [-0.4, -0.2) is 21.4 Å². The lowest BCUT2D eigenvalue weighted by molar-refractivity contribution is -0.126. The minimum atomic E-state index is -3.81. The van der Waals surface area contributed by atoms with Gasteiger partial charge in [0.05, 0.1) is 10.6 Å². The van der Waals surface area contributed by atoms with Crippen molar-refractivity contribution < 1.29 is 17.9 Å². The highest BCUT2D eigenvalue weighted by Gasteiger charge is 2.21. The number of anilines is 2. The SMILES string of the molecule is COC(C(=O)Nc1ccc(S(=O)(=O)Nc2cccc(Cl)c2C)cc1)c1ccccc1. The molecule has 1 atom stereocenters. The van der Waals surface area contributed by atoms with Gasteiger partial charge in [0.15, 0.2) is 6.10 Å². The zero-order valence-electron chi connectivity index (χ0n) is 16.4. The molecule has 0 aromatic heterocycles. The van der Waals surface area contributed by atoms with Crippen LogP contribution in [0.3, 0.4) is 0 Å². The highest BCUT2D eigenvalue weighted by Crippen LogP contribution is 2.26. The minimum Gasteiger partial charge on any atom is -0.367 e. The summed E-state index contributed by atoms with van der Waals surface area (Å²) >= 11 is 6.05. The van der Waals surface area contributed by atoms with E-state index in [9.17, 15) is 13.2 Å². The summed E-state index contributed by atoms with van der Waals surface area (Å²) in [6.07, 6.45) is -0.776. The van der Waals surface area contributed by atoms with Crippen LogP contribution in [0.2, 0.25) is 5.02 Å². The van der Waals surface area contributed by atoms with Crippen molar-refractivity contribution in [2.24, 2.45) is 0 Å². The number of rotatable bonds is 7. The first-order valence-corrected chi connectivity index (χ1v) is 10.9. The third-order valence-corrected chi connectivity index (χ3v) is 6.31. The fourth-order valence-electron chi connectivity index (χ4n) is 2.87. The van der Waals surface area contributed by atoms with Crippen LogP contribution in [-0.2, 0) is 19.6 Å². The molecular weight excluding hydrogens is 424 g/mol. The Morgan fingerprint density at radius 2 is 1.63 bits per heavy atom. The van der Waals surface area contributed by atoms with Crippen LogP contribution in [0.4, 0.5) is 11.4 Å². The van der Waals surface area contributed by atoms with Gasteiger partial charge >= 0.3 is 0 Å². The van der Waals surface area contributed by atoms with Crippen LogP contribution in [0.5, 0.6) is 0 Å². The molecule has 3 aromatic rings. The number of nitrogens with one attached hydrogen (secondary N) is 2. The van der Waals surface area contributed by atoms with Gasteiger partial charge in [0.2, 0.25) is 0 Å². The van der Waals surface area contributed by atoms with Crippen molar-refractivity contribution in [3.8, 4) is 0 Å². The number of carbonyl (C=O) groups excluding carboxylic acids is 1. The van der Waals surface area contributed by atoms with Crippen LogP contribution in [0.1, 0.15) is 17.2 Å². The number of hydrogen-bond acceptors (Lipinski definition) is 4. The molecule has 1 amide bonds. The first kappa shape index (κ1) is 21.8. The maximum absolute atomic E-state index is 12.7. The van der Waals surface area contributed by atoms with Crippen LogP contribution < -0.4 is 10.0 Å². The second kappa shape index (κ2) is 9.30. The van der Waals surface area contributed by atoms with Crippen molar-refractivity contribution in [2.75, 3.05) is 17.1 Å². The maximum Gasteiger partial charge on any atom is 0.261 e. The van der Waals surface area contributed by atoms with Gasteiger partial charge in [-0.15, -0.1) is 0 Å². The van der Waals surface area contributed by atoms with E-state index in [1.165, 1.54) is 31.4 Å². The molecule has 8 heteroatoms. The van der Waals surface area contributed by atoms with E-state index in [0.29, 0.717) is 22.0 Å². The molecule has 0 heterocycles. The third kappa shape index (κ3) is 4.99. The van der Waals surface area contributed by atoms with Gasteiger partial charge < -0.3 is 10.1 Å². The molecule has 0 aliphatic rings. The van der Waals surface area contributed by atoms with E-state index in [1.807, 2.05) is 18.2 Å². The second-order valence-corrected chi connectivity index (χ2v) is 8.65. The Morgan fingerprint density at radius 3 is 2.27 bits per heavy atom. The standard InChI is InChI=1S/C22H21ClN2O4S/c1-15-19(23)9-6-10-20(15)25-30(27,28)18-13-11-17(12-14-18)24-22(26)21(29-2)16-7-4-3-5-8-16/h3-14,21,25H,1-2H3,(H,24,26). The first-order chi connectivity index (χ1) is 14.3. The summed E-state index contributed by atoms with van der Waals surface area (Å²) in [5, 5.41) is 3.21. The van der Waals surface area contributed by atoms with Crippen molar-refractivity contribution in [1.82, 2.24) is 0 Å². The highest BCUT2D eigenvalue weighted by atomic mass is 35.5. The molecule has 0 aliphatic carbocycles. The van der Waals surface area contributed by atoms with Crippen molar-refractivity contribution in [3.63, 3.8) is 0 Å². The van der Waals surface area contributed by atoms with Crippen LogP contribution in [0, 0.1) is 6.92 Å². The van der Waals surface area contributed by atoms with Gasteiger partial charge in [-0.1, -0.05) is 48.0 Å². The van der Waals surface area contributed by atoms with Gasteiger partial charge in [0.1, 0.15) is 0 Å². The fourth-order valence-corrected chi connectivity index (χ4v) is 4.17. The van der Waals surface area contributed by atoms with Crippen molar-refractivity contribution in [1.29, 1.82) is 0 Å². The summed E-state index contributed by atoms with van der Waals surface area (Å²) in [5.41, 5.74) is 2.22. The van der Waals surface area contributed by atoms with E-state index in [2.05, 4.69) is 10.0 Å². The van der Waals surface area contributed by atoms with Crippen LogP contribution in [0.25, 0.3) is 0 Å². The Balaban J connectivity index is 1.74. The number of amides is 1. The molecular formula is C22H21ClN2O4S. The molecule has 3 rings (SSSR count). The van der Waals surface area contributed by atoms with Gasteiger partial charge in [-0.2, -0.15) is 0 Å². The lowest BCUT2D eigenvalue weighted by Crippen LogP contribution is -2.22. The molecule has 0 fully saturated rings. The van der Waals surface area contributed by atoms with Crippen LogP contribution in [0.15, 0.2) is 77.7 Å². The van der Waals surface area contributed by atoms with Crippen LogP contribution >= 0.6 is 11.6 Å². The number of benzene rings is 3. The monoisotopic (exact) mass is 444 g/mol. The molecule has 3 aromatic carbocycles. The van der Waals surface area contributed by atoms with Gasteiger partial charge in [-0.05, 0) is 54.4 Å². The molecule has 1 unspecified atom stereocenters. The van der Waals surface area contributed by atoms with E-state index < -0.39 is 16.1 Å². The molecule has 156 valence electrons. The predicted octanol–water partition coefficient (Wildman–Crippen LogP) is 4.78. The highest BCUT2D eigenvalue weighted by molar-refractivity contribution is 7.92. The average Bonchev–Trinajstić information content (AvgIpc) is 2.73. The van der Waals surface area contributed by atoms with Gasteiger partial charge in [-0.25, -0.2) is 8.42 Å². The quantitative estimate of drug-likeness (QED) is 0.549. The van der Waals surface area contributed by atoms with Gasteiger partial charge in [0, 0.05) is 17.8 Å². The summed E-state index contributed by atoms with van der Waals surface area (Å²) in [4.78, 5) is 12.6. The summed E-state index contributed by atoms with van der Waals surface area (Å²) < 4.78 is 33.2. The molecule has 0 aliphatic heterocycles. The average molecular weight is 445 g/mol. The largest absolute Gasteiger partial charge is 0.367 e. The lowest BCUT2D eigenvalue weighted by Gasteiger charge is -2.16. The van der Waals surface area contributed by atoms with E-state index >= 15 is 0 Å².